The number of ether oxygens (including phenoxy) is 4. The third kappa shape index (κ3) is 6.01. The van der Waals surface area contributed by atoms with E-state index in [-0.39, 0.29) is 41.9 Å². The largest absolute Gasteiger partial charge is 0.492 e. The first kappa shape index (κ1) is 29.7. The molecule has 2 heterocycles. The van der Waals surface area contributed by atoms with Crippen molar-refractivity contribution in [3.05, 3.63) is 82.2 Å². The maximum Gasteiger partial charge on any atom is 0.306 e. The van der Waals surface area contributed by atoms with E-state index in [1.807, 2.05) is 6.07 Å². The van der Waals surface area contributed by atoms with Crippen LogP contribution >= 0.6 is 0 Å². The number of carbonyl (C=O) groups is 1. The highest BCUT2D eigenvalue weighted by molar-refractivity contribution is 5.90. The van der Waals surface area contributed by atoms with Crippen molar-refractivity contribution in [2.24, 2.45) is 5.10 Å². The van der Waals surface area contributed by atoms with Crippen LogP contribution in [0.2, 0.25) is 0 Å². The molecule has 0 bridgehead atoms. The number of esters is 1. The molecule has 0 amide bonds. The molecular formula is C33H32F3N2O6+. The second-order valence-corrected chi connectivity index (χ2v) is 11.8. The van der Waals surface area contributed by atoms with Gasteiger partial charge >= 0.3 is 5.97 Å². The summed E-state index contributed by atoms with van der Waals surface area (Å²) in [6.07, 6.45) is 3.51. The summed E-state index contributed by atoms with van der Waals surface area (Å²) in [5.41, 5.74) is 0.753. The number of fused-ring (bicyclic) bond motifs is 2. The summed E-state index contributed by atoms with van der Waals surface area (Å²) in [5, 5.41) is 14.2. The summed E-state index contributed by atoms with van der Waals surface area (Å²) in [6.45, 7) is 3.80. The minimum atomic E-state index is -1.02. The maximum absolute atomic E-state index is 15.2. The first-order chi connectivity index (χ1) is 21.0. The smallest absolute Gasteiger partial charge is 0.306 e. The van der Waals surface area contributed by atoms with Crippen LogP contribution in [-0.2, 0) is 16.0 Å². The second-order valence-electron chi connectivity index (χ2n) is 11.8. The normalized spacial score (nSPS) is 20.2. The molecule has 3 aromatic rings. The summed E-state index contributed by atoms with van der Waals surface area (Å²) in [7, 11) is 1.34. The van der Waals surface area contributed by atoms with Gasteiger partial charge in [-0.25, -0.2) is 13.2 Å². The molecule has 1 unspecified atom stereocenters. The average Bonchev–Trinajstić information content (AvgIpc) is 3.70. The van der Waals surface area contributed by atoms with Gasteiger partial charge in [0.1, 0.15) is 46.5 Å². The van der Waals surface area contributed by atoms with Crippen LogP contribution in [-0.4, -0.2) is 54.1 Å². The zero-order valence-electron chi connectivity index (χ0n) is 24.5. The summed E-state index contributed by atoms with van der Waals surface area (Å²) in [6, 6.07) is 9.97. The Kier molecular flexibility index (Phi) is 7.83. The van der Waals surface area contributed by atoms with Crippen LogP contribution in [0.4, 0.5) is 13.2 Å². The molecule has 8 nitrogen and oxygen atoms in total. The lowest BCUT2D eigenvalue weighted by molar-refractivity contribution is -0.541. The highest BCUT2D eigenvalue weighted by Crippen LogP contribution is 2.45. The van der Waals surface area contributed by atoms with E-state index in [2.05, 4.69) is 5.10 Å². The zero-order valence-corrected chi connectivity index (χ0v) is 24.5. The Hall–Kier alpha value is -4.38. The van der Waals surface area contributed by atoms with Gasteiger partial charge in [0, 0.05) is 40.3 Å². The standard InChI is InChI=1S/C33H32F3N2O6/c1-33(2,40)17-38-15-19(14-37-38)23-12-26(36)30(13-25(23)35)44-27-9-7-24(34)32-22(27)6-8-28(32)43-20-4-5-21-18(10-31(39)41-3)16-42-29(21)11-20/h4-5,7,9,11-15,18-19,28,40H,6,8,10,16-17H2,1-3H3/q+1/t18-,19?,28-/m1/s1. The number of nitrogens with zero attached hydrogens (tertiary/aromatic N) is 2. The number of rotatable bonds is 9. The van der Waals surface area contributed by atoms with Crippen molar-refractivity contribution in [3.63, 3.8) is 0 Å². The molecule has 0 aromatic heterocycles. The van der Waals surface area contributed by atoms with Gasteiger partial charge in [-0.2, -0.15) is 0 Å². The van der Waals surface area contributed by atoms with Crippen LogP contribution < -0.4 is 14.2 Å². The van der Waals surface area contributed by atoms with Gasteiger partial charge in [-0.3, -0.25) is 4.79 Å². The molecule has 2 aliphatic heterocycles. The van der Waals surface area contributed by atoms with Crippen LogP contribution in [0.25, 0.3) is 0 Å². The van der Waals surface area contributed by atoms with Crippen molar-refractivity contribution >= 4 is 18.4 Å². The number of hydrogen-bond acceptors (Lipinski definition) is 7. The average molecular weight is 610 g/mol. The topological polar surface area (TPSA) is 89.6 Å². The van der Waals surface area contributed by atoms with Crippen LogP contribution in [0.5, 0.6) is 23.0 Å². The Bertz CT molecular complexity index is 1680. The lowest BCUT2D eigenvalue weighted by Gasteiger charge is -2.18. The number of carbonyl (C=O) groups excluding carboxylic acids is 1. The predicted molar refractivity (Wildman–Crippen MR) is 155 cm³/mol. The molecule has 44 heavy (non-hydrogen) atoms. The van der Waals surface area contributed by atoms with Crippen molar-refractivity contribution in [2.75, 3.05) is 20.3 Å². The van der Waals surface area contributed by atoms with Gasteiger partial charge in [-0.15, -0.1) is 0 Å². The summed E-state index contributed by atoms with van der Waals surface area (Å²) in [4.78, 5) is 11.7. The molecule has 3 aromatic carbocycles. The van der Waals surface area contributed by atoms with Gasteiger partial charge in [-0.05, 0) is 56.1 Å². The van der Waals surface area contributed by atoms with Crippen LogP contribution in [0, 0.1) is 17.5 Å². The molecule has 6 rings (SSSR count). The van der Waals surface area contributed by atoms with Crippen molar-refractivity contribution in [3.8, 4) is 23.0 Å². The summed E-state index contributed by atoms with van der Waals surface area (Å²) >= 11 is 0. The monoisotopic (exact) mass is 609 g/mol. The quantitative estimate of drug-likeness (QED) is 0.239. The maximum atomic E-state index is 15.2. The molecule has 3 aliphatic rings. The van der Waals surface area contributed by atoms with E-state index in [0.29, 0.717) is 42.1 Å². The van der Waals surface area contributed by atoms with Crippen LogP contribution in [0.1, 0.15) is 66.9 Å². The van der Waals surface area contributed by atoms with E-state index >= 15 is 13.2 Å². The molecule has 11 heteroatoms. The van der Waals surface area contributed by atoms with Crippen molar-refractivity contribution < 1.29 is 46.7 Å². The van der Waals surface area contributed by atoms with Gasteiger partial charge in [0.15, 0.2) is 17.8 Å². The fraction of sp³-hybridized carbons (Fsp3) is 0.364. The van der Waals surface area contributed by atoms with E-state index in [4.69, 9.17) is 18.9 Å². The zero-order chi connectivity index (χ0) is 31.2. The molecule has 0 fully saturated rings. The fourth-order valence-corrected chi connectivity index (χ4v) is 5.87. The van der Waals surface area contributed by atoms with Crippen molar-refractivity contribution in [2.45, 2.75) is 56.7 Å². The van der Waals surface area contributed by atoms with E-state index < -0.39 is 35.1 Å². The third-order valence-corrected chi connectivity index (χ3v) is 7.91. The molecule has 0 saturated heterocycles. The second kappa shape index (κ2) is 11.6. The lowest BCUT2D eigenvalue weighted by atomic mass is 9.98. The van der Waals surface area contributed by atoms with Gasteiger partial charge in [0.2, 0.25) is 6.54 Å². The van der Waals surface area contributed by atoms with E-state index in [9.17, 15) is 9.90 Å². The van der Waals surface area contributed by atoms with Gasteiger partial charge in [0.25, 0.3) is 0 Å². The van der Waals surface area contributed by atoms with Crippen molar-refractivity contribution in [1.82, 2.24) is 0 Å². The summed E-state index contributed by atoms with van der Waals surface area (Å²) < 4.78 is 69.5. The highest BCUT2D eigenvalue weighted by Gasteiger charge is 2.33. The number of benzene rings is 3. The Morgan fingerprint density at radius 2 is 1.89 bits per heavy atom. The van der Waals surface area contributed by atoms with Crippen LogP contribution in [0.15, 0.2) is 47.6 Å². The Balaban J connectivity index is 1.19. The Morgan fingerprint density at radius 3 is 2.66 bits per heavy atom. The molecule has 1 N–H and O–H groups in total. The number of hydrazone groups is 1. The molecule has 0 radical (unpaired) electrons. The van der Waals surface area contributed by atoms with Crippen LogP contribution in [0.3, 0.4) is 0 Å². The lowest BCUT2D eigenvalue weighted by Crippen LogP contribution is -2.30. The molecule has 0 spiro atoms. The highest BCUT2D eigenvalue weighted by atomic mass is 19.1. The molecule has 0 saturated carbocycles. The molecule has 230 valence electrons. The number of halogens is 3. The fourth-order valence-electron chi connectivity index (χ4n) is 5.87. The van der Waals surface area contributed by atoms with E-state index in [0.717, 1.165) is 17.7 Å². The van der Waals surface area contributed by atoms with Gasteiger partial charge in [-0.1, -0.05) is 10.8 Å². The number of aliphatic hydroxyl groups is 1. The molecule has 3 atom stereocenters. The number of methoxy groups -OCH3 is 1. The van der Waals surface area contributed by atoms with Crippen molar-refractivity contribution in [1.29, 1.82) is 0 Å². The minimum absolute atomic E-state index is 0.0737. The SMILES string of the molecule is COC(=O)C[C@@H]1COc2cc(O[C@@H]3CCc4c(Oc5cc(F)c(C6C=N[N+](CC(C)(C)O)=C6)cc5F)ccc(F)c43)ccc21. The van der Waals surface area contributed by atoms with E-state index in [1.54, 1.807) is 32.2 Å². The Labute approximate surface area is 252 Å². The first-order valence-corrected chi connectivity index (χ1v) is 14.4. The molecule has 1 aliphatic carbocycles. The van der Waals surface area contributed by atoms with Gasteiger partial charge in [0.05, 0.1) is 26.4 Å². The van der Waals surface area contributed by atoms with Gasteiger partial charge < -0.3 is 24.1 Å². The first-order valence-electron chi connectivity index (χ1n) is 14.4. The number of β-amino-alcohol motifs (C(OH)–C–C–N with tert-alkyl or cyclic N) is 1. The Morgan fingerprint density at radius 1 is 1.07 bits per heavy atom. The van der Waals surface area contributed by atoms with E-state index in [1.165, 1.54) is 30.1 Å². The minimum Gasteiger partial charge on any atom is -0.492 e. The predicted octanol–water partition coefficient (Wildman–Crippen LogP) is 5.94. The summed E-state index contributed by atoms with van der Waals surface area (Å²) in [5.74, 6) is -2.05. The number of hydrogen-bond donors (Lipinski definition) is 1. The third-order valence-electron chi connectivity index (χ3n) is 7.91. The molecular weight excluding hydrogens is 577 g/mol.